The van der Waals surface area contributed by atoms with E-state index in [1.165, 1.54) is 5.56 Å². The zero-order chi connectivity index (χ0) is 14.5. The summed E-state index contributed by atoms with van der Waals surface area (Å²) in [5.41, 5.74) is 2.02. The molecule has 0 saturated heterocycles. The Kier molecular flexibility index (Phi) is 5.04. The standard InChI is InChI=1S/C16H18BrNO2/c1-11(12-5-3-7-14(17)9-12)18-10-13-6-4-8-15(20-2)16(13)19/h3-9,11,18-19H,10H2,1-2H3/t11-/m0/s1. The van der Waals surface area contributed by atoms with Crippen molar-refractivity contribution < 1.29 is 9.84 Å². The van der Waals surface area contributed by atoms with Crippen molar-refractivity contribution in [3.63, 3.8) is 0 Å². The van der Waals surface area contributed by atoms with E-state index < -0.39 is 0 Å². The molecule has 106 valence electrons. The number of ether oxygens (including phenoxy) is 1. The summed E-state index contributed by atoms with van der Waals surface area (Å²) in [5, 5.41) is 13.4. The average Bonchev–Trinajstić information content (AvgIpc) is 2.46. The monoisotopic (exact) mass is 335 g/mol. The lowest BCUT2D eigenvalue weighted by atomic mass is 10.1. The van der Waals surface area contributed by atoms with Crippen LogP contribution in [0.2, 0.25) is 0 Å². The number of hydrogen-bond acceptors (Lipinski definition) is 3. The van der Waals surface area contributed by atoms with E-state index in [2.05, 4.69) is 40.3 Å². The fourth-order valence-corrected chi connectivity index (χ4v) is 2.45. The molecule has 0 aromatic heterocycles. The molecule has 2 rings (SSSR count). The van der Waals surface area contributed by atoms with Crippen LogP contribution in [-0.4, -0.2) is 12.2 Å². The number of rotatable bonds is 5. The molecule has 20 heavy (non-hydrogen) atoms. The minimum Gasteiger partial charge on any atom is -0.504 e. The first-order valence-electron chi connectivity index (χ1n) is 6.45. The lowest BCUT2D eigenvalue weighted by Gasteiger charge is -2.16. The summed E-state index contributed by atoms with van der Waals surface area (Å²) in [6, 6.07) is 13.9. The number of phenols is 1. The highest BCUT2D eigenvalue weighted by Crippen LogP contribution is 2.29. The third-order valence-corrected chi connectivity index (χ3v) is 3.74. The molecule has 0 unspecified atom stereocenters. The summed E-state index contributed by atoms with van der Waals surface area (Å²) >= 11 is 3.47. The molecule has 4 heteroatoms. The van der Waals surface area contributed by atoms with Crippen LogP contribution in [0.3, 0.4) is 0 Å². The van der Waals surface area contributed by atoms with Gasteiger partial charge in [-0.05, 0) is 30.7 Å². The highest BCUT2D eigenvalue weighted by Gasteiger charge is 2.09. The molecule has 0 heterocycles. The highest BCUT2D eigenvalue weighted by atomic mass is 79.9. The van der Waals surface area contributed by atoms with Crippen molar-refractivity contribution in [2.24, 2.45) is 0 Å². The predicted molar refractivity (Wildman–Crippen MR) is 84.1 cm³/mol. The normalized spacial score (nSPS) is 12.2. The van der Waals surface area contributed by atoms with Gasteiger partial charge in [0.15, 0.2) is 11.5 Å². The molecule has 0 amide bonds. The molecular weight excluding hydrogens is 318 g/mol. The van der Waals surface area contributed by atoms with E-state index in [0.717, 1.165) is 10.0 Å². The predicted octanol–water partition coefficient (Wildman–Crippen LogP) is 4.01. The Balaban J connectivity index is 2.05. The van der Waals surface area contributed by atoms with E-state index in [1.807, 2.05) is 24.3 Å². The summed E-state index contributed by atoms with van der Waals surface area (Å²) in [6.07, 6.45) is 0. The first kappa shape index (κ1) is 14.9. The van der Waals surface area contributed by atoms with E-state index in [9.17, 15) is 5.11 Å². The van der Waals surface area contributed by atoms with Gasteiger partial charge in [0, 0.05) is 22.6 Å². The van der Waals surface area contributed by atoms with Crippen LogP contribution < -0.4 is 10.1 Å². The summed E-state index contributed by atoms with van der Waals surface area (Å²) in [7, 11) is 1.55. The van der Waals surface area contributed by atoms with Crippen LogP contribution in [0, 0.1) is 0 Å². The first-order chi connectivity index (χ1) is 9.61. The zero-order valence-electron chi connectivity index (χ0n) is 11.6. The summed E-state index contributed by atoms with van der Waals surface area (Å²) in [5.74, 6) is 0.698. The smallest absolute Gasteiger partial charge is 0.162 e. The molecule has 1 atom stereocenters. The van der Waals surface area contributed by atoms with Gasteiger partial charge in [-0.15, -0.1) is 0 Å². The second-order valence-corrected chi connectivity index (χ2v) is 5.54. The second-order valence-electron chi connectivity index (χ2n) is 4.63. The third-order valence-electron chi connectivity index (χ3n) is 3.25. The fraction of sp³-hybridized carbons (Fsp3) is 0.250. The van der Waals surface area contributed by atoms with Gasteiger partial charge in [0.2, 0.25) is 0 Å². The first-order valence-corrected chi connectivity index (χ1v) is 7.25. The van der Waals surface area contributed by atoms with Crippen LogP contribution in [0.25, 0.3) is 0 Å². The van der Waals surface area contributed by atoms with Crippen molar-refractivity contribution >= 4 is 15.9 Å². The van der Waals surface area contributed by atoms with Crippen LogP contribution in [0.1, 0.15) is 24.1 Å². The number of para-hydroxylation sites is 1. The lowest BCUT2D eigenvalue weighted by Crippen LogP contribution is -2.18. The molecule has 2 aromatic rings. The van der Waals surface area contributed by atoms with Gasteiger partial charge >= 0.3 is 0 Å². The maximum Gasteiger partial charge on any atom is 0.162 e. The molecular formula is C16H18BrNO2. The van der Waals surface area contributed by atoms with Gasteiger partial charge in [-0.25, -0.2) is 0 Å². The molecule has 0 aliphatic rings. The summed E-state index contributed by atoms with van der Waals surface area (Å²) < 4.78 is 6.17. The van der Waals surface area contributed by atoms with Crippen molar-refractivity contribution in [1.82, 2.24) is 5.32 Å². The topological polar surface area (TPSA) is 41.5 Å². The molecule has 0 radical (unpaired) electrons. The van der Waals surface area contributed by atoms with Crippen molar-refractivity contribution in [1.29, 1.82) is 0 Å². The maximum atomic E-state index is 10.0. The van der Waals surface area contributed by atoms with Gasteiger partial charge in [0.05, 0.1) is 7.11 Å². The molecule has 0 bridgehead atoms. The molecule has 0 spiro atoms. The Hall–Kier alpha value is -1.52. The van der Waals surface area contributed by atoms with Crippen LogP contribution in [0.5, 0.6) is 11.5 Å². The molecule has 0 saturated carbocycles. The number of hydrogen-bond donors (Lipinski definition) is 2. The Morgan fingerprint density at radius 2 is 2.00 bits per heavy atom. The quantitative estimate of drug-likeness (QED) is 0.867. The number of aromatic hydroxyl groups is 1. The maximum absolute atomic E-state index is 10.0. The molecule has 2 N–H and O–H groups in total. The second kappa shape index (κ2) is 6.77. The van der Waals surface area contributed by atoms with Gasteiger partial charge in [-0.1, -0.05) is 40.2 Å². The summed E-state index contributed by atoms with van der Waals surface area (Å²) in [6.45, 7) is 2.68. The minimum absolute atomic E-state index is 0.193. The number of phenolic OH excluding ortho intramolecular Hbond substituents is 1. The molecule has 0 aliphatic heterocycles. The van der Waals surface area contributed by atoms with Crippen molar-refractivity contribution in [2.75, 3.05) is 7.11 Å². The largest absolute Gasteiger partial charge is 0.504 e. The molecule has 2 aromatic carbocycles. The van der Waals surface area contributed by atoms with Crippen LogP contribution in [0.15, 0.2) is 46.9 Å². The molecule has 0 fully saturated rings. The Labute approximate surface area is 127 Å². The summed E-state index contributed by atoms with van der Waals surface area (Å²) in [4.78, 5) is 0. The fourth-order valence-electron chi connectivity index (χ4n) is 2.03. The number of halogens is 1. The average molecular weight is 336 g/mol. The van der Waals surface area contributed by atoms with Crippen LogP contribution in [-0.2, 0) is 6.54 Å². The van der Waals surface area contributed by atoms with Crippen LogP contribution in [0.4, 0.5) is 0 Å². The van der Waals surface area contributed by atoms with Gasteiger partial charge in [-0.2, -0.15) is 0 Å². The van der Waals surface area contributed by atoms with Gasteiger partial charge in [-0.3, -0.25) is 0 Å². The Morgan fingerprint density at radius 1 is 1.25 bits per heavy atom. The SMILES string of the molecule is COc1cccc(CN[C@@H](C)c2cccc(Br)c2)c1O. The van der Waals surface area contributed by atoms with Crippen molar-refractivity contribution in [3.05, 3.63) is 58.1 Å². The number of benzene rings is 2. The number of nitrogens with one attached hydrogen (secondary N) is 1. The van der Waals surface area contributed by atoms with E-state index in [-0.39, 0.29) is 11.8 Å². The molecule has 3 nitrogen and oxygen atoms in total. The number of methoxy groups -OCH3 is 1. The van der Waals surface area contributed by atoms with E-state index in [0.29, 0.717) is 12.3 Å². The van der Waals surface area contributed by atoms with E-state index >= 15 is 0 Å². The Morgan fingerprint density at radius 3 is 2.70 bits per heavy atom. The van der Waals surface area contributed by atoms with Gasteiger partial charge < -0.3 is 15.2 Å². The zero-order valence-corrected chi connectivity index (χ0v) is 13.1. The van der Waals surface area contributed by atoms with Crippen LogP contribution >= 0.6 is 15.9 Å². The van der Waals surface area contributed by atoms with Crippen molar-refractivity contribution in [3.8, 4) is 11.5 Å². The van der Waals surface area contributed by atoms with E-state index in [1.54, 1.807) is 13.2 Å². The van der Waals surface area contributed by atoms with Gasteiger partial charge in [0.1, 0.15) is 0 Å². The lowest BCUT2D eigenvalue weighted by molar-refractivity contribution is 0.369. The highest BCUT2D eigenvalue weighted by molar-refractivity contribution is 9.10. The third kappa shape index (κ3) is 3.52. The van der Waals surface area contributed by atoms with Crippen molar-refractivity contribution in [2.45, 2.75) is 19.5 Å². The van der Waals surface area contributed by atoms with E-state index in [4.69, 9.17) is 4.74 Å². The van der Waals surface area contributed by atoms with Gasteiger partial charge in [0.25, 0.3) is 0 Å². The Bertz CT molecular complexity index is 586. The minimum atomic E-state index is 0.193. The molecule has 0 aliphatic carbocycles.